The Labute approximate surface area is 415 Å². The van der Waals surface area contributed by atoms with Gasteiger partial charge in [-0.05, 0) is 83.5 Å². The number of esters is 3. The molecule has 0 saturated carbocycles. The lowest BCUT2D eigenvalue weighted by Gasteiger charge is -2.18. The van der Waals surface area contributed by atoms with Crippen molar-refractivity contribution >= 4 is 17.9 Å². The van der Waals surface area contributed by atoms with Crippen LogP contribution in [0.2, 0.25) is 0 Å². The molecule has 1 atom stereocenters. The quantitative estimate of drug-likeness (QED) is 0.0262. The maximum absolute atomic E-state index is 12.8. The molecule has 0 saturated heterocycles. The van der Waals surface area contributed by atoms with Gasteiger partial charge in [0.15, 0.2) is 6.10 Å². The van der Waals surface area contributed by atoms with Crippen LogP contribution in [0.4, 0.5) is 0 Å². The molecule has 0 N–H and O–H groups in total. The van der Waals surface area contributed by atoms with Crippen LogP contribution in [0.15, 0.2) is 60.8 Å². The normalized spacial score (nSPS) is 12.5. The molecule has 388 valence electrons. The molecule has 1 unspecified atom stereocenters. The van der Waals surface area contributed by atoms with E-state index in [0.29, 0.717) is 19.3 Å². The molecule has 0 aromatic carbocycles. The van der Waals surface area contributed by atoms with E-state index < -0.39 is 6.10 Å². The SMILES string of the molecule is CC/C=C\C/C=C\C/C=C\C/C=C\CCCCCCCCCCCCC(=O)OCC(COC(=O)CCCCCCCCC)OC(=O)CCCCCCCCCCC/C=C\CCCCCCCC. The van der Waals surface area contributed by atoms with Crippen molar-refractivity contribution in [2.24, 2.45) is 0 Å². The number of hydrogen-bond acceptors (Lipinski definition) is 6. The van der Waals surface area contributed by atoms with Gasteiger partial charge in [-0.2, -0.15) is 0 Å². The van der Waals surface area contributed by atoms with Gasteiger partial charge < -0.3 is 14.2 Å². The van der Waals surface area contributed by atoms with E-state index in [9.17, 15) is 14.4 Å². The van der Waals surface area contributed by atoms with Crippen LogP contribution in [0.25, 0.3) is 0 Å². The standard InChI is InChI=1S/C61H108O6/c1-4-7-10-13-16-18-20-22-24-26-28-29-30-31-33-34-36-38-40-42-45-48-51-54-60(63)66-57-58(56-65-59(62)53-50-47-44-15-12-9-6-3)67-61(64)55-52-49-46-43-41-39-37-35-32-27-25-23-21-19-17-14-11-8-5-2/h7,10,16,18,22-25,28-29,58H,4-6,8-9,11-15,17,19-21,26-27,30-57H2,1-3H3/b10-7-,18-16-,24-22-,25-23-,29-28-. The first-order valence-electron chi connectivity index (χ1n) is 28.8. The summed E-state index contributed by atoms with van der Waals surface area (Å²) >= 11 is 0. The fourth-order valence-electron chi connectivity index (χ4n) is 8.19. The van der Waals surface area contributed by atoms with Crippen molar-refractivity contribution in [3.05, 3.63) is 60.8 Å². The summed E-state index contributed by atoms with van der Waals surface area (Å²) in [6.45, 7) is 6.50. The molecular weight excluding hydrogens is 829 g/mol. The fourth-order valence-corrected chi connectivity index (χ4v) is 8.19. The molecule has 0 fully saturated rings. The van der Waals surface area contributed by atoms with Crippen molar-refractivity contribution in [1.82, 2.24) is 0 Å². The highest BCUT2D eigenvalue weighted by Gasteiger charge is 2.19. The minimum Gasteiger partial charge on any atom is -0.462 e. The average Bonchev–Trinajstić information content (AvgIpc) is 3.33. The Kier molecular flexibility index (Phi) is 53.3. The van der Waals surface area contributed by atoms with Crippen LogP contribution >= 0.6 is 0 Å². The largest absolute Gasteiger partial charge is 0.462 e. The van der Waals surface area contributed by atoms with Gasteiger partial charge >= 0.3 is 17.9 Å². The van der Waals surface area contributed by atoms with E-state index in [0.717, 1.165) is 83.5 Å². The number of unbranched alkanes of at least 4 members (excludes halogenated alkanes) is 31. The fraction of sp³-hybridized carbons (Fsp3) is 0.787. The molecule has 0 aliphatic rings. The third-order valence-electron chi connectivity index (χ3n) is 12.5. The van der Waals surface area contributed by atoms with Crippen molar-refractivity contribution in [3.63, 3.8) is 0 Å². The lowest BCUT2D eigenvalue weighted by Crippen LogP contribution is -2.30. The summed E-state index contributed by atoms with van der Waals surface area (Å²) in [5, 5.41) is 0. The van der Waals surface area contributed by atoms with E-state index in [4.69, 9.17) is 14.2 Å². The highest BCUT2D eigenvalue weighted by atomic mass is 16.6. The molecule has 6 heteroatoms. The third-order valence-corrected chi connectivity index (χ3v) is 12.5. The van der Waals surface area contributed by atoms with Crippen molar-refractivity contribution < 1.29 is 28.6 Å². The number of carbonyl (C=O) groups is 3. The first-order valence-corrected chi connectivity index (χ1v) is 28.8. The summed E-state index contributed by atoms with van der Waals surface area (Å²) in [6.07, 6.45) is 69.5. The Balaban J connectivity index is 4.18. The Bertz CT molecular complexity index is 1210. The van der Waals surface area contributed by atoms with Gasteiger partial charge in [0.1, 0.15) is 13.2 Å². The Morgan fingerprint density at radius 3 is 0.925 bits per heavy atom. The lowest BCUT2D eigenvalue weighted by molar-refractivity contribution is -0.167. The van der Waals surface area contributed by atoms with Crippen LogP contribution in [0.5, 0.6) is 0 Å². The van der Waals surface area contributed by atoms with Crippen LogP contribution in [-0.4, -0.2) is 37.2 Å². The van der Waals surface area contributed by atoms with Gasteiger partial charge in [0, 0.05) is 19.3 Å². The van der Waals surface area contributed by atoms with Crippen molar-refractivity contribution in [2.45, 2.75) is 297 Å². The van der Waals surface area contributed by atoms with E-state index in [1.165, 1.54) is 167 Å². The predicted octanol–water partition coefficient (Wildman–Crippen LogP) is 19.2. The molecule has 0 rings (SSSR count). The molecule has 67 heavy (non-hydrogen) atoms. The van der Waals surface area contributed by atoms with Gasteiger partial charge in [-0.15, -0.1) is 0 Å². The van der Waals surface area contributed by atoms with Gasteiger partial charge in [0.2, 0.25) is 0 Å². The number of rotatable bonds is 52. The maximum Gasteiger partial charge on any atom is 0.306 e. The zero-order valence-corrected chi connectivity index (χ0v) is 44.4. The molecule has 0 spiro atoms. The van der Waals surface area contributed by atoms with Crippen molar-refractivity contribution in [3.8, 4) is 0 Å². The lowest BCUT2D eigenvalue weighted by atomic mass is 10.0. The highest BCUT2D eigenvalue weighted by molar-refractivity contribution is 5.71. The monoisotopic (exact) mass is 937 g/mol. The van der Waals surface area contributed by atoms with Crippen LogP contribution in [0.1, 0.15) is 290 Å². The van der Waals surface area contributed by atoms with E-state index in [-0.39, 0.29) is 31.1 Å². The van der Waals surface area contributed by atoms with E-state index >= 15 is 0 Å². The molecule has 0 aromatic heterocycles. The molecule has 0 aliphatic carbocycles. The molecule has 0 radical (unpaired) electrons. The van der Waals surface area contributed by atoms with Gasteiger partial charge in [0.25, 0.3) is 0 Å². The van der Waals surface area contributed by atoms with Crippen molar-refractivity contribution in [2.75, 3.05) is 13.2 Å². The number of carbonyl (C=O) groups excluding carboxylic acids is 3. The molecule has 0 heterocycles. The topological polar surface area (TPSA) is 78.9 Å². The summed E-state index contributed by atoms with van der Waals surface area (Å²) in [5.74, 6) is -0.877. The Hall–Kier alpha value is -2.89. The van der Waals surface area contributed by atoms with Gasteiger partial charge in [-0.1, -0.05) is 248 Å². The summed E-state index contributed by atoms with van der Waals surface area (Å²) < 4.78 is 16.8. The van der Waals surface area contributed by atoms with Crippen LogP contribution in [0, 0.1) is 0 Å². The molecule has 0 aliphatic heterocycles. The minimum absolute atomic E-state index is 0.0743. The van der Waals surface area contributed by atoms with E-state index in [1.807, 2.05) is 0 Å². The highest BCUT2D eigenvalue weighted by Crippen LogP contribution is 2.16. The average molecular weight is 938 g/mol. The van der Waals surface area contributed by atoms with Gasteiger partial charge in [0.05, 0.1) is 0 Å². The van der Waals surface area contributed by atoms with Crippen LogP contribution < -0.4 is 0 Å². The first kappa shape index (κ1) is 64.1. The van der Waals surface area contributed by atoms with Gasteiger partial charge in [-0.3, -0.25) is 14.4 Å². The Morgan fingerprint density at radius 2 is 0.582 bits per heavy atom. The molecule has 6 nitrogen and oxygen atoms in total. The summed E-state index contributed by atoms with van der Waals surface area (Å²) in [6, 6.07) is 0. The van der Waals surface area contributed by atoms with Crippen LogP contribution in [-0.2, 0) is 28.6 Å². The summed E-state index contributed by atoms with van der Waals surface area (Å²) in [5.41, 5.74) is 0. The smallest absolute Gasteiger partial charge is 0.306 e. The molecular formula is C61H108O6. The minimum atomic E-state index is -0.773. The third kappa shape index (κ3) is 53.9. The van der Waals surface area contributed by atoms with Crippen molar-refractivity contribution in [1.29, 1.82) is 0 Å². The second-order valence-corrected chi connectivity index (χ2v) is 19.2. The predicted molar refractivity (Wildman–Crippen MR) is 288 cm³/mol. The molecule has 0 amide bonds. The molecule has 0 aromatic rings. The van der Waals surface area contributed by atoms with Gasteiger partial charge in [-0.25, -0.2) is 0 Å². The van der Waals surface area contributed by atoms with Crippen LogP contribution in [0.3, 0.4) is 0 Å². The zero-order chi connectivity index (χ0) is 48.6. The number of ether oxygens (including phenoxy) is 3. The second-order valence-electron chi connectivity index (χ2n) is 19.2. The number of hydrogen-bond donors (Lipinski definition) is 0. The summed E-state index contributed by atoms with van der Waals surface area (Å²) in [4.78, 5) is 38.0. The molecule has 0 bridgehead atoms. The Morgan fingerprint density at radius 1 is 0.313 bits per heavy atom. The maximum atomic E-state index is 12.8. The number of allylic oxidation sites excluding steroid dienone is 10. The zero-order valence-electron chi connectivity index (χ0n) is 44.4. The first-order chi connectivity index (χ1) is 33.0. The van der Waals surface area contributed by atoms with E-state index in [1.54, 1.807) is 0 Å². The van der Waals surface area contributed by atoms with E-state index in [2.05, 4.69) is 81.5 Å². The second kappa shape index (κ2) is 55.7. The summed E-state index contributed by atoms with van der Waals surface area (Å²) in [7, 11) is 0.